The van der Waals surface area contributed by atoms with Crippen LogP contribution in [0.4, 0.5) is 16.5 Å². The monoisotopic (exact) mass is 502 g/mol. The molecule has 4 rings (SSSR count). The highest BCUT2D eigenvalue weighted by Gasteiger charge is 2.21. The number of thiazole rings is 1. The predicted octanol–water partition coefficient (Wildman–Crippen LogP) is 6.00. The van der Waals surface area contributed by atoms with Crippen LogP contribution in [0.25, 0.3) is 0 Å². The predicted molar refractivity (Wildman–Crippen MR) is 135 cm³/mol. The fourth-order valence-corrected chi connectivity index (χ4v) is 4.88. The molecule has 2 N–H and O–H groups in total. The zero-order valence-electron chi connectivity index (χ0n) is 18.2. The van der Waals surface area contributed by atoms with E-state index in [-0.39, 0.29) is 11.8 Å². The summed E-state index contributed by atoms with van der Waals surface area (Å²) in [6.07, 6.45) is 3.56. The molecule has 9 heteroatoms. The zero-order valence-corrected chi connectivity index (χ0v) is 20.5. The molecule has 0 unspecified atom stereocenters. The van der Waals surface area contributed by atoms with Crippen LogP contribution in [0.2, 0.25) is 5.02 Å². The maximum atomic E-state index is 12.7. The minimum atomic E-state index is -0.249. The normalized spacial score (nSPS) is 12.9. The van der Waals surface area contributed by atoms with Crippen molar-refractivity contribution in [3.63, 3.8) is 0 Å². The summed E-state index contributed by atoms with van der Waals surface area (Å²) in [5.41, 5.74) is 4.77. The molecular formula is C24H24Cl2N4O2S. The van der Waals surface area contributed by atoms with E-state index in [0.717, 1.165) is 23.2 Å². The highest BCUT2D eigenvalue weighted by atomic mass is 35.5. The smallest absolute Gasteiger partial charge is 0.267 e. The van der Waals surface area contributed by atoms with Crippen molar-refractivity contribution in [1.82, 2.24) is 9.88 Å². The first-order chi connectivity index (χ1) is 15.9. The number of amides is 2. The van der Waals surface area contributed by atoms with Crippen LogP contribution in [-0.4, -0.2) is 34.1 Å². The Morgan fingerprint density at radius 3 is 2.85 bits per heavy atom. The van der Waals surface area contributed by atoms with E-state index in [1.807, 2.05) is 36.1 Å². The molecule has 1 aliphatic rings. The van der Waals surface area contributed by atoms with Crippen LogP contribution in [-0.2, 0) is 17.8 Å². The van der Waals surface area contributed by atoms with Gasteiger partial charge in [0.25, 0.3) is 5.91 Å². The van der Waals surface area contributed by atoms with E-state index >= 15 is 0 Å². The standard InChI is InChI=1S/C24H24Cl2N4O2S/c1-15-4-2-5-19(26)22(15)29-23(32)20-13-27-24(33-20)28-18-8-7-17-14-30(11-9-16(17)12-18)21(31)6-3-10-25/h2,4-5,7-8,12-13H,3,6,9-11,14H2,1H3,(H,27,28)(H,29,32). The number of rotatable bonds is 7. The molecule has 3 aromatic rings. The Morgan fingerprint density at radius 2 is 2.06 bits per heavy atom. The van der Waals surface area contributed by atoms with Crippen LogP contribution in [0, 0.1) is 6.92 Å². The van der Waals surface area contributed by atoms with Gasteiger partial charge in [0.1, 0.15) is 4.88 Å². The molecule has 0 fully saturated rings. The minimum absolute atomic E-state index is 0.157. The van der Waals surface area contributed by atoms with E-state index in [1.165, 1.54) is 16.9 Å². The molecule has 2 amide bonds. The summed E-state index contributed by atoms with van der Waals surface area (Å²) >= 11 is 13.2. The van der Waals surface area contributed by atoms with Crippen molar-refractivity contribution in [3.05, 3.63) is 69.2 Å². The van der Waals surface area contributed by atoms with Crippen molar-refractivity contribution >= 4 is 62.9 Å². The van der Waals surface area contributed by atoms with E-state index < -0.39 is 0 Å². The number of fused-ring (bicyclic) bond motifs is 1. The summed E-state index contributed by atoms with van der Waals surface area (Å²) in [6.45, 7) is 3.23. The maximum Gasteiger partial charge on any atom is 0.267 e. The molecule has 2 heterocycles. The van der Waals surface area contributed by atoms with E-state index in [0.29, 0.717) is 52.5 Å². The van der Waals surface area contributed by atoms with E-state index in [1.54, 1.807) is 12.3 Å². The number of halogens is 2. The average molecular weight is 503 g/mol. The van der Waals surface area contributed by atoms with Crippen molar-refractivity contribution in [3.8, 4) is 0 Å². The van der Waals surface area contributed by atoms with Crippen molar-refractivity contribution < 1.29 is 9.59 Å². The average Bonchev–Trinajstić information content (AvgIpc) is 3.28. The number of hydrogen-bond acceptors (Lipinski definition) is 5. The van der Waals surface area contributed by atoms with Gasteiger partial charge in [0.2, 0.25) is 5.91 Å². The molecular weight excluding hydrogens is 479 g/mol. The summed E-state index contributed by atoms with van der Waals surface area (Å²) in [6, 6.07) is 11.6. The molecule has 0 aliphatic carbocycles. The second kappa shape index (κ2) is 10.5. The molecule has 0 saturated heterocycles. The molecule has 1 aliphatic heterocycles. The Kier molecular flexibility index (Phi) is 7.53. The number of nitrogens with one attached hydrogen (secondary N) is 2. The van der Waals surface area contributed by atoms with Gasteiger partial charge in [-0.2, -0.15) is 0 Å². The quantitative estimate of drug-likeness (QED) is 0.388. The van der Waals surface area contributed by atoms with Crippen molar-refractivity contribution in [2.45, 2.75) is 32.7 Å². The third kappa shape index (κ3) is 5.66. The number of aromatic nitrogens is 1. The highest BCUT2D eigenvalue weighted by Crippen LogP contribution is 2.29. The number of hydrogen-bond donors (Lipinski definition) is 2. The lowest BCUT2D eigenvalue weighted by Gasteiger charge is -2.29. The molecule has 2 aromatic carbocycles. The molecule has 0 spiro atoms. The first-order valence-electron chi connectivity index (χ1n) is 10.7. The Hall–Kier alpha value is -2.61. The van der Waals surface area contributed by atoms with Gasteiger partial charge in [0.15, 0.2) is 5.13 Å². The third-order valence-corrected chi connectivity index (χ3v) is 7.03. The van der Waals surface area contributed by atoms with Crippen molar-refractivity contribution in [2.75, 3.05) is 23.1 Å². The third-order valence-electron chi connectivity index (χ3n) is 5.54. The molecule has 172 valence electrons. The van der Waals surface area contributed by atoms with E-state index in [4.69, 9.17) is 23.2 Å². The van der Waals surface area contributed by atoms with Gasteiger partial charge in [-0.25, -0.2) is 4.98 Å². The van der Waals surface area contributed by atoms with Crippen LogP contribution in [0.5, 0.6) is 0 Å². The zero-order chi connectivity index (χ0) is 23.4. The van der Waals surface area contributed by atoms with Gasteiger partial charge in [-0.15, -0.1) is 11.6 Å². The van der Waals surface area contributed by atoms with Crippen LogP contribution < -0.4 is 10.6 Å². The maximum absolute atomic E-state index is 12.7. The molecule has 1 aromatic heterocycles. The summed E-state index contributed by atoms with van der Waals surface area (Å²) in [5, 5.41) is 7.28. The van der Waals surface area contributed by atoms with Crippen LogP contribution in [0.15, 0.2) is 42.6 Å². The summed E-state index contributed by atoms with van der Waals surface area (Å²) in [4.78, 5) is 31.7. The van der Waals surface area contributed by atoms with Gasteiger partial charge in [-0.3, -0.25) is 9.59 Å². The first-order valence-corrected chi connectivity index (χ1v) is 12.4. The van der Waals surface area contributed by atoms with Crippen LogP contribution in [0.3, 0.4) is 0 Å². The second-order valence-electron chi connectivity index (χ2n) is 7.88. The molecule has 0 radical (unpaired) electrons. The van der Waals surface area contributed by atoms with Gasteiger partial charge in [0.05, 0.1) is 16.9 Å². The fraction of sp³-hybridized carbons (Fsp3) is 0.292. The summed E-state index contributed by atoms with van der Waals surface area (Å²) < 4.78 is 0. The topological polar surface area (TPSA) is 74.3 Å². The number of carbonyl (C=O) groups excluding carboxylic acids is 2. The van der Waals surface area contributed by atoms with Gasteiger partial charge in [-0.05, 0) is 54.7 Å². The Labute approximate surface area is 206 Å². The fourth-order valence-electron chi connectivity index (χ4n) is 3.75. The highest BCUT2D eigenvalue weighted by molar-refractivity contribution is 7.17. The Morgan fingerprint density at radius 1 is 1.21 bits per heavy atom. The first kappa shape index (κ1) is 23.5. The number of benzene rings is 2. The largest absolute Gasteiger partial charge is 0.338 e. The van der Waals surface area contributed by atoms with Crippen molar-refractivity contribution in [1.29, 1.82) is 0 Å². The minimum Gasteiger partial charge on any atom is -0.338 e. The number of alkyl halides is 1. The number of para-hydroxylation sites is 1. The molecule has 0 saturated carbocycles. The lowest BCUT2D eigenvalue weighted by Crippen LogP contribution is -2.35. The van der Waals surface area contributed by atoms with Crippen LogP contribution in [0.1, 0.15) is 39.2 Å². The molecule has 0 atom stereocenters. The molecule has 0 bridgehead atoms. The number of nitrogens with zero attached hydrogens (tertiary/aromatic N) is 2. The number of anilines is 3. The lowest BCUT2D eigenvalue weighted by molar-refractivity contribution is -0.132. The lowest BCUT2D eigenvalue weighted by atomic mass is 9.98. The Bertz CT molecular complexity index is 1160. The number of aryl methyl sites for hydroxylation is 1. The van der Waals surface area contributed by atoms with Crippen molar-refractivity contribution in [2.24, 2.45) is 0 Å². The van der Waals surface area contributed by atoms with E-state index in [2.05, 4.69) is 21.7 Å². The number of carbonyl (C=O) groups is 2. The van der Waals surface area contributed by atoms with E-state index in [9.17, 15) is 9.59 Å². The summed E-state index contributed by atoms with van der Waals surface area (Å²) in [5.74, 6) is 0.413. The second-order valence-corrected chi connectivity index (χ2v) is 9.70. The van der Waals surface area contributed by atoms with Crippen LogP contribution >= 0.6 is 34.5 Å². The van der Waals surface area contributed by atoms with Gasteiger partial charge in [-0.1, -0.05) is 41.1 Å². The van der Waals surface area contributed by atoms with Gasteiger partial charge in [0, 0.05) is 31.1 Å². The SMILES string of the molecule is Cc1cccc(Cl)c1NC(=O)c1cnc(Nc2ccc3c(c2)CCN(C(=O)CCCCl)C3)s1. The molecule has 6 nitrogen and oxygen atoms in total. The van der Waals surface area contributed by atoms with Gasteiger partial charge < -0.3 is 15.5 Å². The van der Waals surface area contributed by atoms with Gasteiger partial charge >= 0.3 is 0 Å². The summed E-state index contributed by atoms with van der Waals surface area (Å²) in [7, 11) is 0. The Balaban J connectivity index is 1.40. The molecule has 33 heavy (non-hydrogen) atoms.